The van der Waals surface area contributed by atoms with Gasteiger partial charge in [-0.2, -0.15) is 0 Å². The number of nitrogens with zero attached hydrogens (tertiary/aromatic N) is 2. The van der Waals surface area contributed by atoms with E-state index in [1.807, 2.05) is 28.8 Å². The Hall–Kier alpha value is -1.82. The van der Waals surface area contributed by atoms with Gasteiger partial charge in [-0.15, -0.1) is 0 Å². The second kappa shape index (κ2) is 6.97. The molecule has 5 nitrogen and oxygen atoms in total. The molecular formula is C18H23N3O2S. The number of thioether (sulfide) groups is 1. The highest BCUT2D eigenvalue weighted by Crippen LogP contribution is 2.38. The van der Waals surface area contributed by atoms with E-state index in [9.17, 15) is 9.59 Å². The fourth-order valence-electron chi connectivity index (χ4n) is 3.57. The first-order chi connectivity index (χ1) is 11.5. The molecule has 1 saturated carbocycles. The zero-order valence-electron chi connectivity index (χ0n) is 14.1. The van der Waals surface area contributed by atoms with Gasteiger partial charge in [-0.25, -0.2) is 4.98 Å². The van der Waals surface area contributed by atoms with E-state index in [1.165, 1.54) is 18.2 Å². The third kappa shape index (κ3) is 3.20. The van der Waals surface area contributed by atoms with Crippen LogP contribution in [0.5, 0.6) is 0 Å². The fraction of sp³-hybridized carbons (Fsp3) is 0.500. The highest BCUT2D eigenvalue weighted by molar-refractivity contribution is 7.99. The molecule has 1 amide bonds. The molecule has 6 heteroatoms. The van der Waals surface area contributed by atoms with Crippen LogP contribution in [0.1, 0.15) is 39.2 Å². The molecule has 0 aliphatic heterocycles. The van der Waals surface area contributed by atoms with Crippen LogP contribution in [-0.2, 0) is 4.79 Å². The van der Waals surface area contributed by atoms with Crippen molar-refractivity contribution in [3.05, 3.63) is 34.6 Å². The Labute approximate surface area is 145 Å². The van der Waals surface area contributed by atoms with E-state index in [0.29, 0.717) is 27.9 Å². The van der Waals surface area contributed by atoms with Crippen molar-refractivity contribution in [2.45, 2.75) is 44.3 Å². The first-order valence-corrected chi connectivity index (χ1v) is 9.40. The van der Waals surface area contributed by atoms with Crippen LogP contribution in [0.2, 0.25) is 0 Å². The molecule has 1 aliphatic carbocycles. The molecule has 0 radical (unpaired) electrons. The second-order valence-electron chi connectivity index (χ2n) is 6.68. The summed E-state index contributed by atoms with van der Waals surface area (Å²) >= 11 is 1.26. The lowest BCUT2D eigenvalue weighted by Gasteiger charge is -2.36. The van der Waals surface area contributed by atoms with Crippen molar-refractivity contribution in [3.8, 4) is 0 Å². The minimum absolute atomic E-state index is 0.0153. The van der Waals surface area contributed by atoms with Crippen LogP contribution in [-0.4, -0.2) is 21.2 Å². The molecule has 1 fully saturated rings. The predicted octanol–water partition coefficient (Wildman–Crippen LogP) is 2.97. The van der Waals surface area contributed by atoms with Crippen molar-refractivity contribution in [3.63, 3.8) is 0 Å². The Kier molecular flexibility index (Phi) is 4.94. The highest BCUT2D eigenvalue weighted by atomic mass is 32.2. The zero-order valence-corrected chi connectivity index (χ0v) is 14.9. The van der Waals surface area contributed by atoms with Gasteiger partial charge in [-0.05, 0) is 30.4 Å². The van der Waals surface area contributed by atoms with Gasteiger partial charge < -0.3 is 5.73 Å². The Bertz CT molecular complexity index is 818. The SMILES string of the molecule is CC1CCCC(n2c(SCC(N)=O)nc3ccccc3c2=O)C1C. The zero-order chi connectivity index (χ0) is 17.3. The molecule has 3 unspecified atom stereocenters. The molecule has 3 atom stereocenters. The summed E-state index contributed by atoms with van der Waals surface area (Å²) in [5.41, 5.74) is 5.95. The predicted molar refractivity (Wildman–Crippen MR) is 97.1 cm³/mol. The minimum Gasteiger partial charge on any atom is -0.369 e. The number of hydrogen-bond donors (Lipinski definition) is 1. The molecule has 1 aliphatic rings. The molecule has 128 valence electrons. The van der Waals surface area contributed by atoms with Crippen LogP contribution < -0.4 is 11.3 Å². The number of para-hydroxylation sites is 1. The first kappa shape index (κ1) is 17.0. The average Bonchev–Trinajstić information content (AvgIpc) is 2.56. The molecule has 2 aromatic rings. The van der Waals surface area contributed by atoms with E-state index < -0.39 is 5.91 Å². The summed E-state index contributed by atoms with van der Waals surface area (Å²) in [5, 5.41) is 1.23. The summed E-state index contributed by atoms with van der Waals surface area (Å²) in [4.78, 5) is 29.0. The van der Waals surface area contributed by atoms with Gasteiger partial charge in [0.15, 0.2) is 5.16 Å². The minimum atomic E-state index is -0.404. The molecule has 24 heavy (non-hydrogen) atoms. The van der Waals surface area contributed by atoms with E-state index in [-0.39, 0.29) is 17.4 Å². The van der Waals surface area contributed by atoms with Crippen molar-refractivity contribution in [2.24, 2.45) is 17.6 Å². The summed E-state index contributed by atoms with van der Waals surface area (Å²) in [5.74, 6) is 0.684. The first-order valence-electron chi connectivity index (χ1n) is 8.41. The average molecular weight is 345 g/mol. The summed E-state index contributed by atoms with van der Waals surface area (Å²) in [6.07, 6.45) is 3.27. The van der Waals surface area contributed by atoms with Crippen molar-refractivity contribution >= 4 is 28.6 Å². The lowest BCUT2D eigenvalue weighted by atomic mass is 9.78. The van der Waals surface area contributed by atoms with Crippen LogP contribution in [0.15, 0.2) is 34.2 Å². The van der Waals surface area contributed by atoms with E-state index in [0.717, 1.165) is 12.8 Å². The number of rotatable bonds is 4. The standard InChI is InChI=1S/C18H23N3O2S/c1-11-6-5-9-15(12(11)2)21-17(23)13-7-3-4-8-14(13)20-18(21)24-10-16(19)22/h3-4,7-8,11-12,15H,5-6,9-10H2,1-2H3,(H2,19,22). The number of fused-ring (bicyclic) bond motifs is 1. The largest absolute Gasteiger partial charge is 0.369 e. The summed E-state index contributed by atoms with van der Waals surface area (Å²) in [6.45, 7) is 4.45. The highest BCUT2D eigenvalue weighted by Gasteiger charge is 2.31. The van der Waals surface area contributed by atoms with E-state index >= 15 is 0 Å². The third-order valence-electron chi connectivity index (χ3n) is 5.11. The molecule has 0 spiro atoms. The maximum Gasteiger partial charge on any atom is 0.262 e. The van der Waals surface area contributed by atoms with Gasteiger partial charge in [-0.1, -0.05) is 50.6 Å². The smallest absolute Gasteiger partial charge is 0.262 e. The van der Waals surface area contributed by atoms with Gasteiger partial charge in [0.25, 0.3) is 5.56 Å². The molecule has 0 saturated heterocycles. The quantitative estimate of drug-likeness (QED) is 0.682. The lowest BCUT2D eigenvalue weighted by molar-refractivity contribution is -0.115. The van der Waals surface area contributed by atoms with Crippen molar-refractivity contribution in [1.29, 1.82) is 0 Å². The molecule has 1 aromatic heterocycles. The summed E-state index contributed by atoms with van der Waals surface area (Å²) in [7, 11) is 0. The van der Waals surface area contributed by atoms with Gasteiger partial charge in [0.2, 0.25) is 5.91 Å². The Balaban J connectivity index is 2.15. The normalized spacial score (nSPS) is 24.2. The molecule has 1 aromatic carbocycles. The topological polar surface area (TPSA) is 78.0 Å². The van der Waals surface area contributed by atoms with Crippen molar-refractivity contribution < 1.29 is 4.79 Å². The molecule has 1 heterocycles. The molecule has 0 bridgehead atoms. The van der Waals surface area contributed by atoms with Crippen LogP contribution in [0.25, 0.3) is 10.9 Å². The van der Waals surface area contributed by atoms with Gasteiger partial charge in [0, 0.05) is 6.04 Å². The maximum absolute atomic E-state index is 13.1. The van der Waals surface area contributed by atoms with Crippen LogP contribution in [0.3, 0.4) is 0 Å². The van der Waals surface area contributed by atoms with Gasteiger partial charge in [0.05, 0.1) is 16.7 Å². The molecule has 2 N–H and O–H groups in total. The Morgan fingerprint density at radius 2 is 2.08 bits per heavy atom. The van der Waals surface area contributed by atoms with Crippen LogP contribution in [0.4, 0.5) is 0 Å². The summed E-state index contributed by atoms with van der Waals surface area (Å²) in [6, 6.07) is 7.50. The van der Waals surface area contributed by atoms with Crippen LogP contribution in [0, 0.1) is 11.8 Å². The number of benzene rings is 1. The Morgan fingerprint density at radius 3 is 2.83 bits per heavy atom. The second-order valence-corrected chi connectivity index (χ2v) is 7.62. The van der Waals surface area contributed by atoms with Crippen molar-refractivity contribution in [1.82, 2.24) is 9.55 Å². The fourth-order valence-corrected chi connectivity index (χ4v) is 4.37. The number of carbonyl (C=O) groups excluding carboxylic acids is 1. The van der Waals surface area contributed by atoms with Gasteiger partial charge >= 0.3 is 0 Å². The Morgan fingerprint density at radius 1 is 1.33 bits per heavy atom. The third-order valence-corrected chi connectivity index (χ3v) is 6.09. The number of aromatic nitrogens is 2. The lowest BCUT2D eigenvalue weighted by Crippen LogP contribution is -2.35. The number of hydrogen-bond acceptors (Lipinski definition) is 4. The summed E-state index contributed by atoms with van der Waals surface area (Å²) < 4.78 is 1.82. The monoisotopic (exact) mass is 345 g/mol. The van der Waals surface area contributed by atoms with E-state index in [2.05, 4.69) is 18.8 Å². The number of amides is 1. The van der Waals surface area contributed by atoms with Crippen molar-refractivity contribution in [2.75, 3.05) is 5.75 Å². The number of nitrogens with two attached hydrogens (primary N) is 1. The van der Waals surface area contributed by atoms with Gasteiger partial charge in [0.1, 0.15) is 0 Å². The molecular weight excluding hydrogens is 322 g/mol. The van der Waals surface area contributed by atoms with E-state index in [4.69, 9.17) is 5.73 Å². The number of primary amides is 1. The molecule has 3 rings (SSSR count). The van der Waals surface area contributed by atoms with Crippen LogP contribution >= 0.6 is 11.8 Å². The van der Waals surface area contributed by atoms with Gasteiger partial charge in [-0.3, -0.25) is 14.2 Å². The van der Waals surface area contributed by atoms with E-state index in [1.54, 1.807) is 0 Å². The number of carbonyl (C=O) groups is 1. The maximum atomic E-state index is 13.1.